The van der Waals surface area contributed by atoms with Crippen LogP contribution in [0, 0.1) is 0 Å². The van der Waals surface area contributed by atoms with Crippen LogP contribution in [0.1, 0.15) is 24.3 Å². The monoisotopic (exact) mass is 307 g/mol. The van der Waals surface area contributed by atoms with Gasteiger partial charge in [-0.05, 0) is 37.3 Å². The molecule has 1 aromatic carbocycles. The van der Waals surface area contributed by atoms with Crippen LogP contribution in [0.25, 0.3) is 0 Å². The second-order valence-corrected chi connectivity index (χ2v) is 4.88. The molecule has 1 aromatic heterocycles. The topological polar surface area (TPSA) is 42.4 Å². The number of hydrogen-bond acceptors (Lipinski definition) is 3. The first-order valence-corrected chi connectivity index (χ1v) is 6.46. The molecule has 3 nitrogen and oxygen atoms in total. The van der Waals surface area contributed by atoms with Gasteiger partial charge in [0.2, 0.25) is 0 Å². The summed E-state index contributed by atoms with van der Waals surface area (Å²) in [4.78, 5) is 4.19. The summed E-state index contributed by atoms with van der Waals surface area (Å²) in [6.07, 6.45) is 1.16. The molecule has 1 heterocycles. The SMILES string of the molecule is C[C@H](O)c1cc(Br)ccc1OCc1ccccn1. The molecule has 0 aliphatic carbocycles. The molecule has 2 rings (SSSR count). The van der Waals surface area contributed by atoms with Gasteiger partial charge >= 0.3 is 0 Å². The minimum atomic E-state index is -0.568. The number of rotatable bonds is 4. The van der Waals surface area contributed by atoms with Crippen LogP contribution in [-0.2, 0) is 6.61 Å². The fraction of sp³-hybridized carbons (Fsp3) is 0.214. The van der Waals surface area contributed by atoms with Crippen LogP contribution in [0.2, 0.25) is 0 Å². The Balaban J connectivity index is 2.14. The number of aliphatic hydroxyl groups excluding tert-OH is 1. The van der Waals surface area contributed by atoms with Crippen LogP contribution >= 0.6 is 15.9 Å². The van der Waals surface area contributed by atoms with Gasteiger partial charge in [-0.2, -0.15) is 0 Å². The lowest BCUT2D eigenvalue weighted by atomic mass is 10.1. The molecule has 2 aromatic rings. The molecule has 0 amide bonds. The maximum absolute atomic E-state index is 9.71. The minimum absolute atomic E-state index is 0.391. The number of nitrogens with zero attached hydrogens (tertiary/aromatic N) is 1. The fourth-order valence-electron chi connectivity index (χ4n) is 1.61. The van der Waals surface area contributed by atoms with E-state index in [1.807, 2.05) is 36.4 Å². The Labute approximate surface area is 115 Å². The Morgan fingerprint density at radius 1 is 1.33 bits per heavy atom. The zero-order valence-electron chi connectivity index (χ0n) is 10.0. The Morgan fingerprint density at radius 2 is 2.17 bits per heavy atom. The minimum Gasteiger partial charge on any atom is -0.487 e. The average Bonchev–Trinajstić information content (AvgIpc) is 2.38. The zero-order valence-corrected chi connectivity index (χ0v) is 11.6. The number of halogens is 1. The number of benzene rings is 1. The maximum atomic E-state index is 9.71. The molecular weight excluding hydrogens is 294 g/mol. The van der Waals surface area contributed by atoms with E-state index >= 15 is 0 Å². The lowest BCUT2D eigenvalue weighted by Crippen LogP contribution is -2.02. The van der Waals surface area contributed by atoms with Gasteiger partial charge in [-0.1, -0.05) is 22.0 Å². The molecule has 0 fully saturated rings. The van der Waals surface area contributed by atoms with Gasteiger partial charge in [0.15, 0.2) is 0 Å². The number of aliphatic hydroxyl groups is 1. The molecule has 18 heavy (non-hydrogen) atoms. The van der Waals surface area contributed by atoms with E-state index < -0.39 is 6.10 Å². The normalized spacial score (nSPS) is 12.2. The van der Waals surface area contributed by atoms with Crippen LogP contribution in [0.3, 0.4) is 0 Å². The summed E-state index contributed by atoms with van der Waals surface area (Å²) in [7, 11) is 0. The van der Waals surface area contributed by atoms with Crippen molar-refractivity contribution in [3.05, 3.63) is 58.3 Å². The third kappa shape index (κ3) is 3.31. The second kappa shape index (κ2) is 5.98. The largest absolute Gasteiger partial charge is 0.487 e. The van der Waals surface area contributed by atoms with Crippen molar-refractivity contribution in [2.45, 2.75) is 19.6 Å². The number of aromatic nitrogens is 1. The van der Waals surface area contributed by atoms with E-state index in [4.69, 9.17) is 4.74 Å². The average molecular weight is 308 g/mol. The van der Waals surface area contributed by atoms with Crippen LogP contribution in [0.15, 0.2) is 47.1 Å². The molecule has 0 aliphatic heterocycles. The van der Waals surface area contributed by atoms with E-state index in [9.17, 15) is 5.11 Å². The van der Waals surface area contributed by atoms with Crippen molar-refractivity contribution in [2.24, 2.45) is 0 Å². The Kier molecular flexibility index (Phi) is 4.33. The summed E-state index contributed by atoms with van der Waals surface area (Å²) in [6.45, 7) is 2.11. The van der Waals surface area contributed by atoms with E-state index in [1.165, 1.54) is 0 Å². The van der Waals surface area contributed by atoms with Crippen molar-refractivity contribution in [1.29, 1.82) is 0 Å². The first-order chi connectivity index (χ1) is 8.66. The van der Waals surface area contributed by atoms with Crippen LogP contribution in [-0.4, -0.2) is 10.1 Å². The summed E-state index contributed by atoms with van der Waals surface area (Å²) in [5.41, 5.74) is 1.62. The Hall–Kier alpha value is -1.39. The molecule has 0 saturated carbocycles. The first kappa shape index (κ1) is 13.1. The highest BCUT2D eigenvalue weighted by molar-refractivity contribution is 9.10. The molecule has 0 unspecified atom stereocenters. The molecule has 94 valence electrons. The smallest absolute Gasteiger partial charge is 0.130 e. The van der Waals surface area contributed by atoms with E-state index in [1.54, 1.807) is 13.1 Å². The van der Waals surface area contributed by atoms with Crippen molar-refractivity contribution in [3.63, 3.8) is 0 Å². The molecular formula is C14H14BrNO2. The molecule has 0 saturated heterocycles. The Bertz CT molecular complexity index is 514. The first-order valence-electron chi connectivity index (χ1n) is 5.67. The van der Waals surface area contributed by atoms with Crippen LogP contribution < -0.4 is 4.74 Å². The molecule has 1 atom stereocenters. The molecule has 0 spiro atoms. The number of pyridine rings is 1. The number of ether oxygens (including phenoxy) is 1. The van der Waals surface area contributed by atoms with Crippen molar-refractivity contribution in [1.82, 2.24) is 4.98 Å². The summed E-state index contributed by atoms with van der Waals surface area (Å²) >= 11 is 3.38. The maximum Gasteiger partial charge on any atom is 0.130 e. The van der Waals surface area contributed by atoms with E-state index in [0.717, 1.165) is 15.7 Å². The Morgan fingerprint density at radius 3 is 2.83 bits per heavy atom. The molecule has 1 N–H and O–H groups in total. The van der Waals surface area contributed by atoms with E-state index in [0.29, 0.717) is 12.4 Å². The lowest BCUT2D eigenvalue weighted by Gasteiger charge is -2.13. The predicted octanol–water partition coefficient (Wildman–Crippen LogP) is 3.48. The van der Waals surface area contributed by atoms with Gasteiger partial charge in [0.05, 0.1) is 11.8 Å². The van der Waals surface area contributed by atoms with Crippen molar-refractivity contribution >= 4 is 15.9 Å². The van der Waals surface area contributed by atoms with Gasteiger partial charge in [0, 0.05) is 16.2 Å². The van der Waals surface area contributed by atoms with Crippen molar-refractivity contribution < 1.29 is 9.84 Å². The van der Waals surface area contributed by atoms with Gasteiger partial charge in [0.25, 0.3) is 0 Å². The van der Waals surface area contributed by atoms with E-state index in [-0.39, 0.29) is 0 Å². The van der Waals surface area contributed by atoms with Gasteiger partial charge in [-0.25, -0.2) is 0 Å². The molecule has 4 heteroatoms. The number of hydrogen-bond donors (Lipinski definition) is 1. The second-order valence-electron chi connectivity index (χ2n) is 3.97. The zero-order chi connectivity index (χ0) is 13.0. The highest BCUT2D eigenvalue weighted by Gasteiger charge is 2.10. The van der Waals surface area contributed by atoms with Gasteiger partial charge < -0.3 is 9.84 Å². The van der Waals surface area contributed by atoms with Gasteiger partial charge in [0.1, 0.15) is 12.4 Å². The molecule has 0 bridgehead atoms. The standard InChI is InChI=1S/C14H14BrNO2/c1-10(17)13-8-11(15)5-6-14(13)18-9-12-4-2-3-7-16-12/h2-8,10,17H,9H2,1H3/t10-/m0/s1. The highest BCUT2D eigenvalue weighted by atomic mass is 79.9. The fourth-order valence-corrected chi connectivity index (χ4v) is 1.99. The summed E-state index contributed by atoms with van der Waals surface area (Å²) in [5.74, 6) is 0.679. The summed E-state index contributed by atoms with van der Waals surface area (Å²) in [5, 5.41) is 9.71. The molecule has 0 aliphatic rings. The third-order valence-electron chi connectivity index (χ3n) is 2.52. The molecule has 0 radical (unpaired) electrons. The van der Waals surface area contributed by atoms with Gasteiger partial charge in [-0.15, -0.1) is 0 Å². The van der Waals surface area contributed by atoms with Crippen LogP contribution in [0.5, 0.6) is 5.75 Å². The van der Waals surface area contributed by atoms with Crippen molar-refractivity contribution in [2.75, 3.05) is 0 Å². The highest BCUT2D eigenvalue weighted by Crippen LogP contribution is 2.28. The summed E-state index contributed by atoms with van der Waals surface area (Å²) < 4.78 is 6.62. The van der Waals surface area contributed by atoms with Crippen LogP contribution in [0.4, 0.5) is 0 Å². The third-order valence-corrected chi connectivity index (χ3v) is 3.02. The van der Waals surface area contributed by atoms with Gasteiger partial charge in [-0.3, -0.25) is 4.98 Å². The predicted molar refractivity (Wildman–Crippen MR) is 73.3 cm³/mol. The quantitative estimate of drug-likeness (QED) is 0.940. The van der Waals surface area contributed by atoms with E-state index in [2.05, 4.69) is 20.9 Å². The summed E-state index contributed by atoms with van der Waals surface area (Å²) in [6, 6.07) is 11.3. The lowest BCUT2D eigenvalue weighted by molar-refractivity contribution is 0.189. The van der Waals surface area contributed by atoms with Crippen molar-refractivity contribution in [3.8, 4) is 5.75 Å².